The Kier molecular flexibility index (Phi) is 5.76. The quantitative estimate of drug-likeness (QED) is 0.564. The van der Waals surface area contributed by atoms with E-state index in [0.717, 1.165) is 12.3 Å². The number of hydrogen-bond acceptors (Lipinski definition) is 1. The highest BCUT2D eigenvalue weighted by Gasteiger charge is 2.43. The second kappa shape index (κ2) is 8.45. The largest absolute Gasteiger partial charge is 0.359 e. The molecule has 29 heavy (non-hydrogen) atoms. The summed E-state index contributed by atoms with van der Waals surface area (Å²) in [5, 5.41) is 3.75. The summed E-state index contributed by atoms with van der Waals surface area (Å²) in [4.78, 5) is 0. The number of anilines is 1. The van der Waals surface area contributed by atoms with E-state index in [2.05, 4.69) is 105 Å². The fraction of sp³-hybridized carbons (Fsp3) is 0.357. The minimum Gasteiger partial charge on any atom is -0.359 e. The zero-order valence-electron chi connectivity index (χ0n) is 18.0. The molecule has 4 rings (SSSR count). The molecule has 0 heterocycles. The van der Waals surface area contributed by atoms with Crippen LogP contribution >= 0.6 is 0 Å². The van der Waals surface area contributed by atoms with Crippen LogP contribution in [0.25, 0.3) is 11.1 Å². The van der Waals surface area contributed by atoms with Crippen LogP contribution in [0.5, 0.6) is 0 Å². The summed E-state index contributed by atoms with van der Waals surface area (Å²) in [6.45, 7) is 7.01. The second-order valence-corrected chi connectivity index (χ2v) is 9.09. The molecule has 150 valence electrons. The van der Waals surface area contributed by atoms with Crippen LogP contribution in [-0.2, 0) is 0 Å². The van der Waals surface area contributed by atoms with Crippen LogP contribution in [0.1, 0.15) is 46.5 Å². The van der Waals surface area contributed by atoms with Gasteiger partial charge in [-0.2, -0.15) is 0 Å². The lowest BCUT2D eigenvalue weighted by Crippen LogP contribution is -2.39. The second-order valence-electron chi connectivity index (χ2n) is 9.09. The van der Waals surface area contributed by atoms with Gasteiger partial charge in [-0.1, -0.05) is 86.2 Å². The average Bonchev–Trinajstić information content (AvgIpc) is 2.74. The molecule has 2 unspecified atom stereocenters. The van der Waals surface area contributed by atoms with E-state index in [1.54, 1.807) is 5.57 Å². The van der Waals surface area contributed by atoms with Gasteiger partial charge in [-0.05, 0) is 73.1 Å². The molecule has 0 saturated heterocycles. The molecule has 2 aromatic rings. The predicted octanol–water partition coefficient (Wildman–Crippen LogP) is 8.00. The standard InChI is InChI=1S/C28H33N/c1-4-5-13-24-17-15-22-16-18-26(20-27(22)28(24,2)3)29-25-14-9-12-23(19-25)21-10-7-6-8-11-21/h4-14,18-19,22,27,29H,15-17,20H2,1-3H3/b5-4-,24-13+. The van der Waals surface area contributed by atoms with E-state index in [1.807, 2.05) is 0 Å². The number of nitrogens with one attached hydrogen (secondary N) is 1. The number of rotatable bonds is 4. The summed E-state index contributed by atoms with van der Waals surface area (Å²) < 4.78 is 0. The Morgan fingerprint density at radius 3 is 2.59 bits per heavy atom. The van der Waals surface area contributed by atoms with Crippen molar-refractivity contribution in [2.45, 2.75) is 46.5 Å². The van der Waals surface area contributed by atoms with Crippen molar-refractivity contribution in [2.24, 2.45) is 17.3 Å². The van der Waals surface area contributed by atoms with E-state index in [0.29, 0.717) is 5.92 Å². The van der Waals surface area contributed by atoms with Gasteiger partial charge in [0.15, 0.2) is 0 Å². The van der Waals surface area contributed by atoms with Crippen molar-refractivity contribution < 1.29 is 0 Å². The molecule has 1 nitrogen and oxygen atoms in total. The topological polar surface area (TPSA) is 12.0 Å². The van der Waals surface area contributed by atoms with Gasteiger partial charge < -0.3 is 5.32 Å². The Bertz CT molecular complexity index is 930. The first-order valence-electron chi connectivity index (χ1n) is 11.0. The number of hydrogen-bond donors (Lipinski definition) is 1. The fourth-order valence-corrected chi connectivity index (χ4v) is 5.21. The van der Waals surface area contributed by atoms with Crippen molar-refractivity contribution in [3.8, 4) is 11.1 Å². The summed E-state index contributed by atoms with van der Waals surface area (Å²) in [5.74, 6) is 1.52. The number of allylic oxidation sites excluding steroid dienone is 6. The summed E-state index contributed by atoms with van der Waals surface area (Å²) >= 11 is 0. The molecule has 2 aliphatic rings. The van der Waals surface area contributed by atoms with Crippen LogP contribution in [0.3, 0.4) is 0 Å². The van der Waals surface area contributed by atoms with Crippen molar-refractivity contribution in [3.05, 3.63) is 90.2 Å². The third-order valence-corrected chi connectivity index (χ3v) is 6.98. The molecule has 2 atom stereocenters. The molecule has 0 amide bonds. The molecule has 2 aliphatic carbocycles. The van der Waals surface area contributed by atoms with Crippen molar-refractivity contribution in [3.63, 3.8) is 0 Å². The van der Waals surface area contributed by atoms with Crippen LogP contribution in [0.15, 0.2) is 90.2 Å². The van der Waals surface area contributed by atoms with E-state index in [9.17, 15) is 0 Å². The van der Waals surface area contributed by atoms with Gasteiger partial charge in [0, 0.05) is 11.4 Å². The van der Waals surface area contributed by atoms with Crippen molar-refractivity contribution in [2.75, 3.05) is 5.32 Å². The molecule has 1 saturated carbocycles. The smallest absolute Gasteiger partial charge is 0.0387 e. The lowest BCUT2D eigenvalue weighted by molar-refractivity contribution is 0.123. The molecule has 0 spiro atoms. The molecular weight excluding hydrogens is 350 g/mol. The highest BCUT2D eigenvalue weighted by Crippen LogP contribution is 2.53. The van der Waals surface area contributed by atoms with Gasteiger partial charge in [-0.25, -0.2) is 0 Å². The SMILES string of the molecule is C/C=C\C=C1/CCC2CC=C(Nc3cccc(-c4ccccc4)c3)CC2C1(C)C. The maximum atomic E-state index is 3.75. The first-order valence-corrected chi connectivity index (χ1v) is 11.0. The average molecular weight is 384 g/mol. The maximum Gasteiger partial charge on any atom is 0.0387 e. The van der Waals surface area contributed by atoms with Crippen LogP contribution < -0.4 is 5.32 Å². The minimum absolute atomic E-state index is 0.259. The molecule has 0 aromatic heterocycles. The van der Waals surface area contributed by atoms with E-state index < -0.39 is 0 Å². The molecule has 0 radical (unpaired) electrons. The highest BCUT2D eigenvalue weighted by molar-refractivity contribution is 5.68. The first-order chi connectivity index (χ1) is 14.1. The Morgan fingerprint density at radius 2 is 1.79 bits per heavy atom. The Balaban J connectivity index is 1.52. The van der Waals surface area contributed by atoms with E-state index >= 15 is 0 Å². The third kappa shape index (κ3) is 4.24. The van der Waals surface area contributed by atoms with Gasteiger partial charge in [0.2, 0.25) is 0 Å². The maximum absolute atomic E-state index is 3.75. The number of fused-ring (bicyclic) bond motifs is 1. The van der Waals surface area contributed by atoms with Gasteiger partial charge >= 0.3 is 0 Å². The van der Waals surface area contributed by atoms with E-state index in [4.69, 9.17) is 0 Å². The van der Waals surface area contributed by atoms with Crippen LogP contribution in [0.2, 0.25) is 0 Å². The Hall–Kier alpha value is -2.54. The first kappa shape index (κ1) is 19.8. The van der Waals surface area contributed by atoms with E-state index in [1.165, 1.54) is 41.8 Å². The van der Waals surface area contributed by atoms with Crippen LogP contribution in [-0.4, -0.2) is 0 Å². The van der Waals surface area contributed by atoms with Crippen molar-refractivity contribution >= 4 is 5.69 Å². The molecule has 1 heteroatoms. The Labute approximate surface area is 176 Å². The summed E-state index contributed by atoms with van der Waals surface area (Å²) in [7, 11) is 0. The highest BCUT2D eigenvalue weighted by atomic mass is 14.9. The van der Waals surface area contributed by atoms with Crippen LogP contribution in [0.4, 0.5) is 5.69 Å². The molecule has 2 aromatic carbocycles. The predicted molar refractivity (Wildman–Crippen MR) is 126 cm³/mol. The minimum atomic E-state index is 0.259. The van der Waals surface area contributed by atoms with Gasteiger partial charge in [-0.3, -0.25) is 0 Å². The van der Waals surface area contributed by atoms with E-state index in [-0.39, 0.29) is 5.41 Å². The van der Waals surface area contributed by atoms with Gasteiger partial charge in [0.1, 0.15) is 0 Å². The lowest BCUT2D eigenvalue weighted by Gasteiger charge is -2.48. The normalized spacial score (nSPS) is 24.9. The zero-order valence-corrected chi connectivity index (χ0v) is 18.0. The molecule has 0 aliphatic heterocycles. The van der Waals surface area contributed by atoms with Gasteiger partial charge in [-0.15, -0.1) is 0 Å². The summed E-state index contributed by atoms with van der Waals surface area (Å²) in [5.41, 5.74) is 6.98. The molecule has 1 fully saturated rings. The summed E-state index contributed by atoms with van der Waals surface area (Å²) in [6.07, 6.45) is 14.1. The Morgan fingerprint density at radius 1 is 1.00 bits per heavy atom. The fourth-order valence-electron chi connectivity index (χ4n) is 5.21. The van der Waals surface area contributed by atoms with Crippen molar-refractivity contribution in [1.29, 1.82) is 0 Å². The monoisotopic (exact) mass is 383 g/mol. The molecular formula is C28H33N. The van der Waals surface area contributed by atoms with Gasteiger partial charge in [0.25, 0.3) is 0 Å². The zero-order chi connectivity index (χ0) is 20.3. The lowest BCUT2D eigenvalue weighted by atomic mass is 9.57. The third-order valence-electron chi connectivity index (χ3n) is 6.98. The van der Waals surface area contributed by atoms with Crippen molar-refractivity contribution in [1.82, 2.24) is 0 Å². The number of benzene rings is 2. The summed E-state index contributed by atoms with van der Waals surface area (Å²) in [6, 6.07) is 19.4. The van der Waals surface area contributed by atoms with Gasteiger partial charge in [0.05, 0.1) is 0 Å². The van der Waals surface area contributed by atoms with Crippen LogP contribution in [0, 0.1) is 17.3 Å². The molecule has 1 N–H and O–H groups in total. The molecule has 0 bridgehead atoms.